The van der Waals surface area contributed by atoms with Gasteiger partial charge in [0, 0.05) is 24.4 Å². The standard InChI is InChI=1S/C18H31ClN4O2S/c1-5-20-18(21-12-13-26(4,24)25)22-14-17(23(6-2)7-3)15-10-8-9-11-16(15)19/h8-11,17H,5-7,12-14H2,1-4H3,(H2,20,21,22). The molecule has 2 N–H and O–H groups in total. The molecule has 0 bridgehead atoms. The first-order valence-corrected chi connectivity index (χ1v) is 11.4. The van der Waals surface area contributed by atoms with Crippen molar-refractivity contribution in [3.63, 3.8) is 0 Å². The number of guanidine groups is 1. The van der Waals surface area contributed by atoms with Crippen molar-refractivity contribution in [3.05, 3.63) is 34.9 Å². The van der Waals surface area contributed by atoms with Gasteiger partial charge in [0.25, 0.3) is 0 Å². The summed E-state index contributed by atoms with van der Waals surface area (Å²) in [5.74, 6) is 0.682. The first kappa shape index (κ1) is 22.7. The molecule has 0 spiro atoms. The van der Waals surface area contributed by atoms with E-state index >= 15 is 0 Å². The van der Waals surface area contributed by atoms with Crippen molar-refractivity contribution in [2.24, 2.45) is 4.99 Å². The van der Waals surface area contributed by atoms with E-state index in [-0.39, 0.29) is 11.8 Å². The Kier molecular flexibility index (Phi) is 9.98. The van der Waals surface area contributed by atoms with Crippen LogP contribution in [0.15, 0.2) is 29.3 Å². The fraction of sp³-hybridized carbons (Fsp3) is 0.611. The molecule has 1 atom stereocenters. The Morgan fingerprint density at radius 3 is 2.38 bits per heavy atom. The number of hydrogen-bond donors (Lipinski definition) is 2. The van der Waals surface area contributed by atoms with Crippen LogP contribution in [0.25, 0.3) is 0 Å². The van der Waals surface area contributed by atoms with Gasteiger partial charge in [0.2, 0.25) is 0 Å². The summed E-state index contributed by atoms with van der Waals surface area (Å²) in [4.78, 5) is 6.98. The van der Waals surface area contributed by atoms with E-state index in [4.69, 9.17) is 11.6 Å². The maximum Gasteiger partial charge on any atom is 0.191 e. The minimum Gasteiger partial charge on any atom is -0.357 e. The SMILES string of the molecule is CCNC(=NCC(c1ccccc1Cl)N(CC)CC)NCCS(C)(=O)=O. The van der Waals surface area contributed by atoms with Crippen LogP contribution in [0.5, 0.6) is 0 Å². The summed E-state index contributed by atoms with van der Waals surface area (Å²) in [6.07, 6.45) is 1.23. The van der Waals surface area contributed by atoms with Crippen molar-refractivity contribution in [1.29, 1.82) is 0 Å². The molecule has 1 aromatic carbocycles. The third kappa shape index (κ3) is 7.93. The molecular weight excluding hydrogens is 372 g/mol. The number of hydrogen-bond acceptors (Lipinski definition) is 4. The summed E-state index contributed by atoms with van der Waals surface area (Å²) in [7, 11) is -3.01. The lowest BCUT2D eigenvalue weighted by atomic mass is 10.1. The number of aliphatic imine (C=N–C) groups is 1. The smallest absolute Gasteiger partial charge is 0.191 e. The highest BCUT2D eigenvalue weighted by atomic mass is 35.5. The number of nitrogens with zero attached hydrogens (tertiary/aromatic N) is 2. The van der Waals surface area contributed by atoms with E-state index in [1.165, 1.54) is 6.26 Å². The summed E-state index contributed by atoms with van der Waals surface area (Å²) in [6, 6.07) is 7.89. The molecule has 26 heavy (non-hydrogen) atoms. The maximum absolute atomic E-state index is 11.3. The predicted molar refractivity (Wildman–Crippen MR) is 111 cm³/mol. The fourth-order valence-corrected chi connectivity index (χ4v) is 3.43. The summed E-state index contributed by atoms with van der Waals surface area (Å²) in [5.41, 5.74) is 1.05. The van der Waals surface area contributed by atoms with Crippen LogP contribution in [0.3, 0.4) is 0 Å². The van der Waals surface area contributed by atoms with Gasteiger partial charge in [-0.1, -0.05) is 43.6 Å². The molecule has 0 saturated heterocycles. The molecule has 0 saturated carbocycles. The molecular formula is C18H31ClN4O2S. The number of rotatable bonds is 10. The minimum atomic E-state index is -3.01. The van der Waals surface area contributed by atoms with Gasteiger partial charge in [0.1, 0.15) is 9.84 Å². The van der Waals surface area contributed by atoms with E-state index in [0.717, 1.165) is 23.7 Å². The second kappa shape index (κ2) is 11.4. The van der Waals surface area contributed by atoms with Gasteiger partial charge in [-0.3, -0.25) is 9.89 Å². The van der Waals surface area contributed by atoms with Gasteiger partial charge in [-0.25, -0.2) is 8.42 Å². The van der Waals surface area contributed by atoms with E-state index in [9.17, 15) is 8.42 Å². The fourth-order valence-electron chi connectivity index (χ4n) is 2.69. The van der Waals surface area contributed by atoms with Gasteiger partial charge in [0.05, 0.1) is 18.3 Å². The highest BCUT2D eigenvalue weighted by molar-refractivity contribution is 7.90. The number of benzene rings is 1. The Hall–Kier alpha value is -1.31. The van der Waals surface area contributed by atoms with Crippen molar-refractivity contribution < 1.29 is 8.42 Å². The van der Waals surface area contributed by atoms with E-state index < -0.39 is 9.84 Å². The highest BCUT2D eigenvalue weighted by Gasteiger charge is 2.20. The lowest BCUT2D eigenvalue weighted by Gasteiger charge is -2.29. The molecule has 1 unspecified atom stereocenters. The molecule has 0 heterocycles. The van der Waals surface area contributed by atoms with Crippen LogP contribution in [-0.2, 0) is 9.84 Å². The van der Waals surface area contributed by atoms with Gasteiger partial charge in [-0.05, 0) is 31.6 Å². The Bertz CT molecular complexity index is 676. The van der Waals surface area contributed by atoms with Crippen molar-refractivity contribution in [2.45, 2.75) is 26.8 Å². The Morgan fingerprint density at radius 2 is 1.85 bits per heavy atom. The van der Waals surface area contributed by atoms with Crippen LogP contribution < -0.4 is 10.6 Å². The quantitative estimate of drug-likeness (QED) is 0.464. The molecule has 1 aromatic rings. The van der Waals surface area contributed by atoms with E-state index in [1.807, 2.05) is 31.2 Å². The van der Waals surface area contributed by atoms with Crippen molar-refractivity contribution in [3.8, 4) is 0 Å². The van der Waals surface area contributed by atoms with Crippen molar-refractivity contribution in [1.82, 2.24) is 15.5 Å². The van der Waals surface area contributed by atoms with E-state index in [0.29, 0.717) is 25.6 Å². The van der Waals surface area contributed by atoms with Gasteiger partial charge in [-0.2, -0.15) is 0 Å². The zero-order valence-electron chi connectivity index (χ0n) is 16.1. The van der Waals surface area contributed by atoms with Crippen LogP contribution >= 0.6 is 11.6 Å². The topological polar surface area (TPSA) is 73.8 Å². The first-order chi connectivity index (χ1) is 12.3. The molecule has 0 aliphatic heterocycles. The Morgan fingerprint density at radius 1 is 1.19 bits per heavy atom. The van der Waals surface area contributed by atoms with Gasteiger partial charge >= 0.3 is 0 Å². The van der Waals surface area contributed by atoms with Crippen LogP contribution in [0.4, 0.5) is 0 Å². The van der Waals surface area contributed by atoms with E-state index in [1.54, 1.807) is 0 Å². The zero-order valence-corrected chi connectivity index (χ0v) is 17.7. The normalized spacial score (nSPS) is 13.7. The van der Waals surface area contributed by atoms with Crippen molar-refractivity contribution in [2.75, 3.05) is 44.7 Å². The summed E-state index contributed by atoms with van der Waals surface area (Å²) in [5, 5.41) is 6.97. The van der Waals surface area contributed by atoms with E-state index in [2.05, 4.69) is 34.4 Å². The summed E-state index contributed by atoms with van der Waals surface area (Å²) >= 11 is 6.41. The van der Waals surface area contributed by atoms with Gasteiger partial charge in [0.15, 0.2) is 5.96 Å². The number of likely N-dealkylation sites (N-methyl/N-ethyl adjacent to an activating group) is 1. The number of sulfone groups is 1. The predicted octanol–water partition coefficient (Wildman–Crippen LogP) is 2.32. The van der Waals surface area contributed by atoms with Crippen LogP contribution in [0.2, 0.25) is 5.02 Å². The molecule has 0 aliphatic rings. The molecule has 0 fully saturated rings. The van der Waals surface area contributed by atoms with Gasteiger partial charge < -0.3 is 10.6 Å². The Balaban J connectivity index is 2.95. The summed E-state index contributed by atoms with van der Waals surface area (Å²) < 4.78 is 22.6. The highest BCUT2D eigenvalue weighted by Crippen LogP contribution is 2.27. The van der Waals surface area contributed by atoms with Crippen molar-refractivity contribution >= 4 is 27.4 Å². The molecule has 1 rings (SSSR count). The lowest BCUT2D eigenvalue weighted by molar-refractivity contribution is 0.224. The molecule has 6 nitrogen and oxygen atoms in total. The zero-order chi connectivity index (χ0) is 19.6. The molecule has 0 amide bonds. The Labute approximate surface area is 162 Å². The molecule has 0 radical (unpaired) electrons. The number of nitrogens with one attached hydrogen (secondary N) is 2. The third-order valence-electron chi connectivity index (χ3n) is 4.05. The lowest BCUT2D eigenvalue weighted by Crippen LogP contribution is -2.40. The van der Waals surface area contributed by atoms with Crippen LogP contribution in [-0.4, -0.2) is 64.0 Å². The molecule has 148 valence electrons. The average molecular weight is 403 g/mol. The maximum atomic E-state index is 11.3. The largest absolute Gasteiger partial charge is 0.357 e. The third-order valence-corrected chi connectivity index (χ3v) is 5.34. The second-order valence-electron chi connectivity index (χ2n) is 6.03. The van der Waals surface area contributed by atoms with Crippen LogP contribution in [0, 0.1) is 0 Å². The number of halogens is 1. The monoisotopic (exact) mass is 402 g/mol. The van der Waals surface area contributed by atoms with Gasteiger partial charge in [-0.15, -0.1) is 0 Å². The average Bonchev–Trinajstić information content (AvgIpc) is 2.58. The second-order valence-corrected chi connectivity index (χ2v) is 8.70. The molecule has 8 heteroatoms. The molecule has 0 aromatic heterocycles. The molecule has 0 aliphatic carbocycles. The van der Waals surface area contributed by atoms with Crippen LogP contribution in [0.1, 0.15) is 32.4 Å². The summed E-state index contributed by atoms with van der Waals surface area (Å²) in [6.45, 7) is 9.54. The minimum absolute atomic E-state index is 0.0593. The first-order valence-electron chi connectivity index (χ1n) is 9.00.